The summed E-state index contributed by atoms with van der Waals surface area (Å²) >= 11 is 0. The van der Waals surface area contributed by atoms with Crippen LogP contribution in [0.5, 0.6) is 0 Å². The molecule has 2 heterocycles. The molecule has 4 heteroatoms. The van der Waals surface area contributed by atoms with Crippen molar-refractivity contribution in [1.82, 2.24) is 10.3 Å². The standard InChI is InChI=1S/C21H23N3O/c1-14-13-16-7-3-6-10-19(16)24(14)12-11-22-21(25)20-15(2)23-18-9-5-4-8-17(18)20/h3-10,14,23H,11-13H2,1-2H3,(H,22,25). The predicted molar refractivity (Wildman–Crippen MR) is 102 cm³/mol. The summed E-state index contributed by atoms with van der Waals surface area (Å²) in [4.78, 5) is 18.4. The zero-order valence-electron chi connectivity index (χ0n) is 14.7. The quantitative estimate of drug-likeness (QED) is 0.765. The van der Waals surface area contributed by atoms with E-state index in [0.29, 0.717) is 12.6 Å². The summed E-state index contributed by atoms with van der Waals surface area (Å²) in [5.74, 6) is -0.00455. The van der Waals surface area contributed by atoms with Gasteiger partial charge in [0, 0.05) is 41.4 Å². The average Bonchev–Trinajstić information content (AvgIpc) is 3.11. The Balaban J connectivity index is 1.45. The van der Waals surface area contributed by atoms with Crippen LogP contribution in [-0.2, 0) is 6.42 Å². The molecule has 1 aliphatic rings. The molecule has 0 saturated heterocycles. The molecule has 1 amide bonds. The first-order valence-corrected chi connectivity index (χ1v) is 8.85. The number of H-pyrrole nitrogens is 1. The van der Waals surface area contributed by atoms with E-state index in [1.807, 2.05) is 31.2 Å². The fourth-order valence-electron chi connectivity index (χ4n) is 3.92. The van der Waals surface area contributed by atoms with Gasteiger partial charge in [-0.15, -0.1) is 0 Å². The van der Waals surface area contributed by atoms with Gasteiger partial charge in [0.2, 0.25) is 0 Å². The Morgan fingerprint density at radius 3 is 2.84 bits per heavy atom. The van der Waals surface area contributed by atoms with E-state index in [2.05, 4.69) is 46.4 Å². The maximum atomic E-state index is 12.7. The van der Waals surface area contributed by atoms with Crippen LogP contribution in [0, 0.1) is 6.92 Å². The van der Waals surface area contributed by atoms with Gasteiger partial charge in [-0.1, -0.05) is 36.4 Å². The highest BCUT2D eigenvalue weighted by Gasteiger charge is 2.25. The van der Waals surface area contributed by atoms with Crippen molar-refractivity contribution < 1.29 is 4.79 Å². The van der Waals surface area contributed by atoms with E-state index in [1.165, 1.54) is 11.3 Å². The summed E-state index contributed by atoms with van der Waals surface area (Å²) in [6, 6.07) is 17.0. The van der Waals surface area contributed by atoms with Crippen molar-refractivity contribution in [3.63, 3.8) is 0 Å². The third kappa shape index (κ3) is 2.78. The van der Waals surface area contributed by atoms with Crippen LogP contribution >= 0.6 is 0 Å². The number of aryl methyl sites for hydroxylation is 1. The van der Waals surface area contributed by atoms with E-state index >= 15 is 0 Å². The number of para-hydroxylation sites is 2. The molecule has 1 unspecified atom stereocenters. The molecule has 2 N–H and O–H groups in total. The van der Waals surface area contributed by atoms with Crippen LogP contribution in [0.4, 0.5) is 5.69 Å². The van der Waals surface area contributed by atoms with E-state index < -0.39 is 0 Å². The first-order chi connectivity index (χ1) is 12.1. The highest BCUT2D eigenvalue weighted by molar-refractivity contribution is 6.08. The van der Waals surface area contributed by atoms with Gasteiger partial charge < -0.3 is 15.2 Å². The predicted octanol–water partition coefficient (Wildman–Crippen LogP) is 3.66. The molecule has 1 atom stereocenters. The number of nitrogens with zero attached hydrogens (tertiary/aromatic N) is 1. The number of aromatic amines is 1. The van der Waals surface area contributed by atoms with Crippen molar-refractivity contribution in [2.45, 2.75) is 26.3 Å². The SMILES string of the molecule is Cc1[nH]c2ccccc2c1C(=O)NCCN1c2ccccc2CC1C. The Labute approximate surface area is 147 Å². The van der Waals surface area contributed by atoms with Crippen molar-refractivity contribution in [2.24, 2.45) is 0 Å². The molecule has 1 aromatic heterocycles. The summed E-state index contributed by atoms with van der Waals surface area (Å²) < 4.78 is 0. The maximum Gasteiger partial charge on any atom is 0.253 e. The van der Waals surface area contributed by atoms with Crippen molar-refractivity contribution >= 4 is 22.5 Å². The Morgan fingerprint density at radius 1 is 1.20 bits per heavy atom. The average molecular weight is 333 g/mol. The number of fused-ring (bicyclic) bond motifs is 2. The number of benzene rings is 2. The second-order valence-electron chi connectivity index (χ2n) is 6.80. The van der Waals surface area contributed by atoms with Gasteiger partial charge in [-0.2, -0.15) is 0 Å². The van der Waals surface area contributed by atoms with Gasteiger partial charge in [0.1, 0.15) is 0 Å². The zero-order chi connectivity index (χ0) is 17.4. The number of nitrogens with one attached hydrogen (secondary N) is 2. The van der Waals surface area contributed by atoms with E-state index in [0.717, 1.165) is 35.1 Å². The lowest BCUT2D eigenvalue weighted by Crippen LogP contribution is -2.38. The number of hydrogen-bond acceptors (Lipinski definition) is 2. The Bertz CT molecular complexity index is 928. The van der Waals surface area contributed by atoms with E-state index in [9.17, 15) is 4.79 Å². The lowest BCUT2D eigenvalue weighted by atomic mass is 10.1. The Kier molecular flexibility index (Phi) is 3.96. The maximum absolute atomic E-state index is 12.7. The van der Waals surface area contributed by atoms with Gasteiger partial charge in [0.25, 0.3) is 5.91 Å². The second kappa shape index (κ2) is 6.28. The Morgan fingerprint density at radius 2 is 1.96 bits per heavy atom. The lowest BCUT2D eigenvalue weighted by molar-refractivity contribution is 0.0955. The number of aromatic nitrogens is 1. The largest absolute Gasteiger partial charge is 0.367 e. The topological polar surface area (TPSA) is 48.1 Å². The highest BCUT2D eigenvalue weighted by Crippen LogP contribution is 2.31. The molecule has 0 saturated carbocycles. The van der Waals surface area contributed by atoms with Crippen LogP contribution < -0.4 is 10.2 Å². The van der Waals surface area contributed by atoms with Gasteiger partial charge in [-0.05, 0) is 38.0 Å². The third-order valence-electron chi connectivity index (χ3n) is 5.11. The van der Waals surface area contributed by atoms with Crippen LogP contribution in [0.25, 0.3) is 10.9 Å². The molecule has 0 spiro atoms. The van der Waals surface area contributed by atoms with E-state index in [-0.39, 0.29) is 5.91 Å². The van der Waals surface area contributed by atoms with Crippen molar-refractivity contribution in [1.29, 1.82) is 0 Å². The third-order valence-corrected chi connectivity index (χ3v) is 5.11. The number of rotatable bonds is 4. The van der Waals surface area contributed by atoms with Crippen LogP contribution in [-0.4, -0.2) is 30.0 Å². The monoisotopic (exact) mass is 333 g/mol. The molecular formula is C21H23N3O. The van der Waals surface area contributed by atoms with Gasteiger partial charge in [0.15, 0.2) is 0 Å². The minimum atomic E-state index is -0.00455. The molecule has 128 valence electrons. The molecule has 1 aliphatic heterocycles. The molecular weight excluding hydrogens is 310 g/mol. The summed E-state index contributed by atoms with van der Waals surface area (Å²) in [5, 5.41) is 4.08. The number of carbonyl (C=O) groups excluding carboxylic acids is 1. The Hall–Kier alpha value is -2.75. The first kappa shape index (κ1) is 15.8. The summed E-state index contributed by atoms with van der Waals surface area (Å²) in [7, 11) is 0. The van der Waals surface area contributed by atoms with E-state index in [1.54, 1.807) is 0 Å². The molecule has 4 nitrogen and oxygen atoms in total. The minimum Gasteiger partial charge on any atom is -0.367 e. The molecule has 0 aliphatic carbocycles. The summed E-state index contributed by atoms with van der Waals surface area (Å²) in [5.41, 5.74) is 5.37. The molecule has 0 radical (unpaired) electrons. The molecule has 4 rings (SSSR count). The van der Waals surface area contributed by atoms with Crippen LogP contribution in [0.1, 0.15) is 28.5 Å². The number of amides is 1. The summed E-state index contributed by atoms with van der Waals surface area (Å²) in [6.45, 7) is 5.65. The smallest absolute Gasteiger partial charge is 0.253 e. The number of carbonyl (C=O) groups is 1. The fourth-order valence-corrected chi connectivity index (χ4v) is 3.92. The number of hydrogen-bond donors (Lipinski definition) is 2. The minimum absolute atomic E-state index is 0.00455. The fraction of sp³-hybridized carbons (Fsp3) is 0.286. The molecule has 2 aromatic carbocycles. The van der Waals surface area contributed by atoms with Gasteiger partial charge in [-0.25, -0.2) is 0 Å². The lowest BCUT2D eigenvalue weighted by Gasteiger charge is -2.25. The van der Waals surface area contributed by atoms with Crippen molar-refractivity contribution in [3.05, 3.63) is 65.4 Å². The van der Waals surface area contributed by atoms with Crippen LogP contribution in [0.3, 0.4) is 0 Å². The van der Waals surface area contributed by atoms with Gasteiger partial charge >= 0.3 is 0 Å². The normalized spacial score (nSPS) is 16.2. The molecule has 3 aromatic rings. The van der Waals surface area contributed by atoms with E-state index in [4.69, 9.17) is 0 Å². The van der Waals surface area contributed by atoms with Crippen molar-refractivity contribution in [3.8, 4) is 0 Å². The first-order valence-electron chi connectivity index (χ1n) is 8.85. The molecule has 0 bridgehead atoms. The number of anilines is 1. The summed E-state index contributed by atoms with van der Waals surface area (Å²) in [6.07, 6.45) is 1.08. The molecule has 25 heavy (non-hydrogen) atoms. The zero-order valence-corrected chi connectivity index (χ0v) is 14.7. The highest BCUT2D eigenvalue weighted by atomic mass is 16.1. The second-order valence-corrected chi connectivity index (χ2v) is 6.80. The van der Waals surface area contributed by atoms with Gasteiger partial charge in [-0.3, -0.25) is 4.79 Å². The van der Waals surface area contributed by atoms with Crippen LogP contribution in [0.15, 0.2) is 48.5 Å². The van der Waals surface area contributed by atoms with Crippen molar-refractivity contribution in [2.75, 3.05) is 18.0 Å². The molecule has 0 fully saturated rings. The van der Waals surface area contributed by atoms with Gasteiger partial charge in [0.05, 0.1) is 5.56 Å². The van der Waals surface area contributed by atoms with Crippen LogP contribution in [0.2, 0.25) is 0 Å².